The zero-order valence-corrected chi connectivity index (χ0v) is 16.5. The normalized spacial score (nSPS) is 15.8. The van der Waals surface area contributed by atoms with E-state index in [1.807, 2.05) is 37.3 Å². The number of ether oxygens (including phenoxy) is 1. The SMILES string of the molecule is COc1cccc(S(=O)(=O)N2c3cc(Cl)ccc3-c3ccccc3C2C)c1. The van der Waals surface area contributed by atoms with Gasteiger partial charge in [-0.05, 0) is 42.3 Å². The summed E-state index contributed by atoms with van der Waals surface area (Å²) in [6, 6.07) is 19.3. The molecular formula is C21H18ClNO3S. The number of methoxy groups -OCH3 is 1. The van der Waals surface area contributed by atoms with Crippen molar-refractivity contribution in [2.24, 2.45) is 0 Å². The molecule has 1 aliphatic rings. The van der Waals surface area contributed by atoms with E-state index in [0.29, 0.717) is 16.5 Å². The van der Waals surface area contributed by atoms with Crippen LogP contribution in [0.3, 0.4) is 0 Å². The van der Waals surface area contributed by atoms with E-state index in [-0.39, 0.29) is 10.9 Å². The van der Waals surface area contributed by atoms with E-state index < -0.39 is 10.0 Å². The fraction of sp³-hybridized carbons (Fsp3) is 0.143. The predicted octanol–water partition coefficient (Wildman–Crippen LogP) is 5.29. The van der Waals surface area contributed by atoms with Crippen LogP contribution in [0.25, 0.3) is 11.1 Å². The van der Waals surface area contributed by atoms with Crippen molar-refractivity contribution in [3.63, 3.8) is 0 Å². The Morgan fingerprint density at radius 3 is 2.52 bits per heavy atom. The fourth-order valence-electron chi connectivity index (χ4n) is 3.57. The maximum absolute atomic E-state index is 13.6. The van der Waals surface area contributed by atoms with Gasteiger partial charge < -0.3 is 4.74 Å². The predicted molar refractivity (Wildman–Crippen MR) is 108 cm³/mol. The van der Waals surface area contributed by atoms with Crippen LogP contribution in [0.2, 0.25) is 5.02 Å². The maximum atomic E-state index is 13.6. The summed E-state index contributed by atoms with van der Waals surface area (Å²) in [6.07, 6.45) is 0. The Balaban J connectivity index is 1.96. The minimum Gasteiger partial charge on any atom is -0.497 e. The lowest BCUT2D eigenvalue weighted by atomic mass is 9.90. The molecule has 0 amide bonds. The smallest absolute Gasteiger partial charge is 0.265 e. The summed E-state index contributed by atoms with van der Waals surface area (Å²) in [6.45, 7) is 1.89. The summed E-state index contributed by atoms with van der Waals surface area (Å²) < 4.78 is 33.8. The van der Waals surface area contributed by atoms with Crippen molar-refractivity contribution in [3.05, 3.63) is 77.3 Å². The highest BCUT2D eigenvalue weighted by molar-refractivity contribution is 7.92. The van der Waals surface area contributed by atoms with E-state index >= 15 is 0 Å². The number of rotatable bonds is 3. The van der Waals surface area contributed by atoms with Crippen LogP contribution in [-0.4, -0.2) is 15.5 Å². The number of hydrogen-bond donors (Lipinski definition) is 0. The Hall–Kier alpha value is -2.50. The zero-order valence-electron chi connectivity index (χ0n) is 14.9. The molecule has 0 bridgehead atoms. The van der Waals surface area contributed by atoms with Gasteiger partial charge in [-0.3, -0.25) is 4.31 Å². The number of sulfonamides is 1. The minimum absolute atomic E-state index is 0.180. The van der Waals surface area contributed by atoms with Crippen LogP contribution < -0.4 is 9.04 Å². The largest absolute Gasteiger partial charge is 0.497 e. The number of benzene rings is 3. The minimum atomic E-state index is -3.82. The lowest BCUT2D eigenvalue weighted by molar-refractivity contribution is 0.413. The van der Waals surface area contributed by atoms with E-state index in [1.54, 1.807) is 30.3 Å². The van der Waals surface area contributed by atoms with Crippen LogP contribution in [0.1, 0.15) is 18.5 Å². The van der Waals surface area contributed by atoms with Gasteiger partial charge in [0.15, 0.2) is 0 Å². The van der Waals surface area contributed by atoms with E-state index in [9.17, 15) is 8.42 Å². The first-order valence-electron chi connectivity index (χ1n) is 8.51. The Morgan fingerprint density at radius 2 is 1.74 bits per heavy atom. The van der Waals surface area contributed by atoms with Crippen LogP contribution in [0.4, 0.5) is 5.69 Å². The third-order valence-electron chi connectivity index (χ3n) is 4.85. The first-order valence-corrected chi connectivity index (χ1v) is 10.3. The Bertz CT molecular complexity index is 1130. The van der Waals surface area contributed by atoms with Crippen molar-refractivity contribution >= 4 is 27.3 Å². The van der Waals surface area contributed by atoms with Crippen LogP contribution in [0, 0.1) is 0 Å². The number of hydrogen-bond acceptors (Lipinski definition) is 3. The van der Waals surface area contributed by atoms with E-state index in [1.165, 1.54) is 17.5 Å². The molecule has 138 valence electrons. The van der Waals surface area contributed by atoms with Crippen LogP contribution in [0.5, 0.6) is 5.75 Å². The number of halogens is 1. The van der Waals surface area contributed by atoms with Gasteiger partial charge >= 0.3 is 0 Å². The highest BCUT2D eigenvalue weighted by Gasteiger charge is 2.37. The van der Waals surface area contributed by atoms with Crippen molar-refractivity contribution in [2.75, 3.05) is 11.4 Å². The van der Waals surface area contributed by atoms with Gasteiger partial charge in [0.2, 0.25) is 0 Å². The molecule has 3 aromatic carbocycles. The Labute approximate surface area is 164 Å². The summed E-state index contributed by atoms with van der Waals surface area (Å²) in [4.78, 5) is 0.180. The molecule has 0 aromatic heterocycles. The number of fused-ring (bicyclic) bond motifs is 3. The molecule has 0 saturated carbocycles. The fourth-order valence-corrected chi connectivity index (χ4v) is 5.42. The molecule has 0 fully saturated rings. The highest BCUT2D eigenvalue weighted by atomic mass is 35.5. The van der Waals surface area contributed by atoms with Crippen LogP contribution in [-0.2, 0) is 10.0 Å². The first kappa shape index (κ1) is 17.9. The van der Waals surface area contributed by atoms with E-state index in [0.717, 1.165) is 16.7 Å². The molecule has 0 N–H and O–H groups in total. The Kier molecular flexibility index (Phi) is 4.36. The molecule has 0 aliphatic carbocycles. The standard InChI is InChI=1S/C21H18ClNO3S/c1-14-18-8-3-4-9-19(18)20-11-10-15(22)12-21(20)23(14)27(24,25)17-7-5-6-16(13-17)26-2/h3-14H,1-2H3. The zero-order chi connectivity index (χ0) is 19.2. The quantitative estimate of drug-likeness (QED) is 0.601. The molecule has 6 heteroatoms. The molecule has 4 rings (SSSR count). The molecule has 0 radical (unpaired) electrons. The summed E-state index contributed by atoms with van der Waals surface area (Å²) >= 11 is 6.22. The summed E-state index contributed by atoms with van der Waals surface area (Å²) in [5.41, 5.74) is 3.41. The van der Waals surface area contributed by atoms with Gasteiger partial charge in [-0.2, -0.15) is 0 Å². The molecule has 0 saturated heterocycles. The molecule has 1 atom stereocenters. The molecule has 1 heterocycles. The van der Waals surface area contributed by atoms with Crippen molar-refractivity contribution in [3.8, 4) is 16.9 Å². The molecule has 1 aliphatic heterocycles. The monoisotopic (exact) mass is 399 g/mol. The summed E-state index contributed by atoms with van der Waals surface area (Å²) in [5.74, 6) is 0.493. The van der Waals surface area contributed by atoms with Gasteiger partial charge in [0.05, 0.1) is 23.7 Å². The maximum Gasteiger partial charge on any atom is 0.265 e. The average molecular weight is 400 g/mol. The summed E-state index contributed by atoms with van der Waals surface area (Å²) in [7, 11) is -2.31. The lowest BCUT2D eigenvalue weighted by Gasteiger charge is -2.37. The molecule has 3 aromatic rings. The molecule has 0 spiro atoms. The van der Waals surface area contributed by atoms with Crippen LogP contribution >= 0.6 is 11.6 Å². The molecule has 1 unspecified atom stereocenters. The van der Waals surface area contributed by atoms with Gasteiger partial charge in [0, 0.05) is 16.7 Å². The third kappa shape index (κ3) is 2.87. The second kappa shape index (κ2) is 6.59. The van der Waals surface area contributed by atoms with Gasteiger partial charge in [-0.25, -0.2) is 8.42 Å². The van der Waals surface area contributed by atoms with E-state index in [2.05, 4.69) is 0 Å². The van der Waals surface area contributed by atoms with Gasteiger partial charge in [-0.15, -0.1) is 0 Å². The topological polar surface area (TPSA) is 46.6 Å². The average Bonchev–Trinajstić information content (AvgIpc) is 2.68. The second-order valence-corrected chi connectivity index (χ2v) is 8.66. The lowest BCUT2D eigenvalue weighted by Crippen LogP contribution is -2.36. The van der Waals surface area contributed by atoms with Crippen molar-refractivity contribution in [1.82, 2.24) is 0 Å². The molecule has 4 nitrogen and oxygen atoms in total. The number of anilines is 1. The van der Waals surface area contributed by atoms with E-state index in [4.69, 9.17) is 16.3 Å². The van der Waals surface area contributed by atoms with Crippen molar-refractivity contribution in [1.29, 1.82) is 0 Å². The Morgan fingerprint density at radius 1 is 0.963 bits per heavy atom. The molecular weight excluding hydrogens is 382 g/mol. The van der Waals surface area contributed by atoms with Crippen LogP contribution in [0.15, 0.2) is 71.6 Å². The third-order valence-corrected chi connectivity index (χ3v) is 6.96. The van der Waals surface area contributed by atoms with Crippen molar-refractivity contribution < 1.29 is 13.2 Å². The molecule has 27 heavy (non-hydrogen) atoms. The summed E-state index contributed by atoms with van der Waals surface area (Å²) in [5, 5.41) is 0.492. The first-order chi connectivity index (χ1) is 12.9. The number of nitrogens with zero attached hydrogens (tertiary/aromatic N) is 1. The van der Waals surface area contributed by atoms with Crippen molar-refractivity contribution in [2.45, 2.75) is 17.9 Å². The highest BCUT2D eigenvalue weighted by Crippen LogP contribution is 2.47. The second-order valence-electron chi connectivity index (χ2n) is 6.40. The van der Waals surface area contributed by atoms with Gasteiger partial charge in [0.1, 0.15) is 5.75 Å². The van der Waals surface area contributed by atoms with Gasteiger partial charge in [0.25, 0.3) is 10.0 Å². The van der Waals surface area contributed by atoms with Gasteiger partial charge in [-0.1, -0.05) is 48.0 Å².